The Bertz CT molecular complexity index is 1050. The van der Waals surface area contributed by atoms with Crippen molar-refractivity contribution in [3.05, 3.63) is 83.2 Å². The quantitative estimate of drug-likeness (QED) is 0.635. The van der Waals surface area contributed by atoms with Gasteiger partial charge in [0, 0.05) is 18.8 Å². The first-order valence-electron chi connectivity index (χ1n) is 9.73. The summed E-state index contributed by atoms with van der Waals surface area (Å²) < 4.78 is 7.16. The summed E-state index contributed by atoms with van der Waals surface area (Å²) in [7, 11) is 0. The fraction of sp³-hybridized carbons (Fsp3) is 0.227. The predicted molar refractivity (Wildman–Crippen MR) is 111 cm³/mol. The van der Waals surface area contributed by atoms with E-state index < -0.39 is 0 Å². The van der Waals surface area contributed by atoms with Crippen LogP contribution in [0.3, 0.4) is 0 Å². The van der Waals surface area contributed by atoms with Crippen LogP contribution < -0.4 is 11.1 Å². The summed E-state index contributed by atoms with van der Waals surface area (Å²) in [4.78, 5) is 26.5. The summed E-state index contributed by atoms with van der Waals surface area (Å²) in [5.41, 5.74) is 9.39. The van der Waals surface area contributed by atoms with E-state index in [0.717, 1.165) is 16.8 Å². The minimum atomic E-state index is -0.376. The molecular formula is C22H23N5O3. The number of ether oxygens (including phenoxy) is 1. The highest BCUT2D eigenvalue weighted by Crippen LogP contribution is 2.16. The second-order valence-electron chi connectivity index (χ2n) is 7.13. The molecule has 1 aromatic heterocycles. The molecule has 3 N–H and O–H groups in total. The van der Waals surface area contributed by atoms with E-state index in [1.807, 2.05) is 48.5 Å². The monoisotopic (exact) mass is 405 g/mol. The maximum absolute atomic E-state index is 12.5. The van der Waals surface area contributed by atoms with Crippen molar-refractivity contribution in [2.45, 2.75) is 26.2 Å². The summed E-state index contributed by atoms with van der Waals surface area (Å²) in [6.07, 6.45) is -0.376. The molecule has 0 saturated carbocycles. The number of carbonyl (C=O) groups excluding carboxylic acids is 2. The number of anilines is 1. The Morgan fingerprint density at radius 3 is 2.63 bits per heavy atom. The summed E-state index contributed by atoms with van der Waals surface area (Å²) in [6.45, 7) is 1.94. The van der Waals surface area contributed by atoms with Crippen molar-refractivity contribution in [1.29, 1.82) is 0 Å². The zero-order valence-corrected chi connectivity index (χ0v) is 16.5. The number of nitrogen functional groups attached to an aromatic ring is 1. The third kappa shape index (κ3) is 4.60. The minimum Gasteiger partial charge on any atom is -0.445 e. The Balaban J connectivity index is 1.33. The SMILES string of the molecule is Nc1cccc(CNC(=O)c2cc3n(n2)CCN(C(=O)OCc2ccccc2)C3)c1. The normalized spacial score (nSPS) is 12.9. The zero-order chi connectivity index (χ0) is 20.9. The maximum Gasteiger partial charge on any atom is 0.410 e. The largest absolute Gasteiger partial charge is 0.445 e. The van der Waals surface area contributed by atoms with Gasteiger partial charge in [0.25, 0.3) is 5.91 Å². The van der Waals surface area contributed by atoms with Gasteiger partial charge in [-0.1, -0.05) is 42.5 Å². The fourth-order valence-electron chi connectivity index (χ4n) is 3.32. The molecule has 0 radical (unpaired) electrons. The molecule has 4 rings (SSSR count). The van der Waals surface area contributed by atoms with Gasteiger partial charge in [0.2, 0.25) is 0 Å². The van der Waals surface area contributed by atoms with Crippen molar-refractivity contribution >= 4 is 17.7 Å². The van der Waals surface area contributed by atoms with Gasteiger partial charge in [-0.3, -0.25) is 9.48 Å². The minimum absolute atomic E-state index is 0.229. The molecule has 2 heterocycles. The molecule has 0 fully saturated rings. The van der Waals surface area contributed by atoms with E-state index in [9.17, 15) is 9.59 Å². The lowest BCUT2D eigenvalue weighted by Gasteiger charge is -2.26. The van der Waals surface area contributed by atoms with Crippen molar-refractivity contribution in [2.75, 3.05) is 12.3 Å². The van der Waals surface area contributed by atoms with Gasteiger partial charge in [-0.2, -0.15) is 5.10 Å². The smallest absolute Gasteiger partial charge is 0.410 e. The van der Waals surface area contributed by atoms with Crippen LogP contribution in [-0.2, 0) is 31.0 Å². The van der Waals surface area contributed by atoms with Gasteiger partial charge in [0.15, 0.2) is 5.69 Å². The molecule has 0 aliphatic carbocycles. The molecule has 0 unspecified atom stereocenters. The van der Waals surface area contributed by atoms with Crippen LogP contribution in [0.1, 0.15) is 27.3 Å². The number of nitrogens with one attached hydrogen (secondary N) is 1. The van der Waals surface area contributed by atoms with Crippen LogP contribution in [-0.4, -0.2) is 33.2 Å². The van der Waals surface area contributed by atoms with Crippen molar-refractivity contribution < 1.29 is 14.3 Å². The van der Waals surface area contributed by atoms with Crippen LogP contribution >= 0.6 is 0 Å². The summed E-state index contributed by atoms with van der Waals surface area (Å²) in [5, 5.41) is 7.22. The van der Waals surface area contributed by atoms with E-state index in [2.05, 4.69) is 10.4 Å². The molecule has 1 aliphatic rings. The van der Waals surface area contributed by atoms with E-state index in [1.165, 1.54) is 0 Å². The third-order valence-electron chi connectivity index (χ3n) is 4.90. The lowest BCUT2D eigenvalue weighted by atomic mass is 10.2. The number of benzene rings is 2. The lowest BCUT2D eigenvalue weighted by molar-refractivity contribution is 0.0855. The zero-order valence-electron chi connectivity index (χ0n) is 16.5. The van der Waals surface area contributed by atoms with Gasteiger partial charge < -0.3 is 20.7 Å². The molecule has 8 heteroatoms. The molecule has 0 spiro atoms. The summed E-state index contributed by atoms with van der Waals surface area (Å²) in [5.74, 6) is -0.266. The average Bonchev–Trinajstić information content (AvgIpc) is 3.20. The number of aromatic nitrogens is 2. The predicted octanol–water partition coefficient (Wildman–Crippen LogP) is 2.55. The molecule has 8 nitrogen and oxygen atoms in total. The number of amides is 2. The Labute approximate surface area is 174 Å². The van der Waals surface area contributed by atoms with Gasteiger partial charge in [-0.15, -0.1) is 0 Å². The molecule has 0 atom stereocenters. The van der Waals surface area contributed by atoms with Gasteiger partial charge in [0.05, 0.1) is 18.8 Å². The first-order valence-corrected chi connectivity index (χ1v) is 9.73. The van der Waals surface area contributed by atoms with Gasteiger partial charge in [-0.05, 0) is 29.3 Å². The number of hydrogen-bond donors (Lipinski definition) is 2. The van der Waals surface area contributed by atoms with Gasteiger partial charge in [-0.25, -0.2) is 4.79 Å². The molecule has 30 heavy (non-hydrogen) atoms. The van der Waals surface area contributed by atoms with Gasteiger partial charge in [0.1, 0.15) is 6.61 Å². The molecule has 3 aromatic rings. The highest BCUT2D eigenvalue weighted by Gasteiger charge is 2.24. The van der Waals surface area contributed by atoms with Crippen molar-refractivity contribution in [3.8, 4) is 0 Å². The van der Waals surface area contributed by atoms with E-state index in [4.69, 9.17) is 10.5 Å². The van der Waals surface area contributed by atoms with E-state index in [1.54, 1.807) is 21.7 Å². The molecule has 2 amide bonds. The molecule has 0 saturated heterocycles. The Morgan fingerprint density at radius 2 is 1.83 bits per heavy atom. The summed E-state index contributed by atoms with van der Waals surface area (Å²) >= 11 is 0. The molecule has 154 valence electrons. The standard InChI is InChI=1S/C22H23N5O3/c23-18-8-4-7-17(11-18)13-24-21(28)20-12-19-14-26(9-10-27(19)25-20)22(29)30-15-16-5-2-1-3-6-16/h1-8,11-12H,9-10,13-15,23H2,(H,24,28). The molecule has 0 bridgehead atoms. The highest BCUT2D eigenvalue weighted by atomic mass is 16.6. The average molecular weight is 405 g/mol. The number of nitrogens with zero attached hydrogens (tertiary/aromatic N) is 3. The van der Waals surface area contributed by atoms with Crippen LogP contribution in [0.5, 0.6) is 0 Å². The Morgan fingerprint density at radius 1 is 1.03 bits per heavy atom. The van der Waals surface area contributed by atoms with Crippen LogP contribution in [0.2, 0.25) is 0 Å². The second kappa shape index (κ2) is 8.69. The third-order valence-corrected chi connectivity index (χ3v) is 4.90. The van der Waals surface area contributed by atoms with Crippen LogP contribution in [0, 0.1) is 0 Å². The number of nitrogens with two attached hydrogens (primary N) is 1. The van der Waals surface area contributed by atoms with Crippen LogP contribution in [0.4, 0.5) is 10.5 Å². The summed E-state index contributed by atoms with van der Waals surface area (Å²) in [6, 6.07) is 18.6. The van der Waals surface area contributed by atoms with Crippen molar-refractivity contribution in [1.82, 2.24) is 20.0 Å². The number of carbonyl (C=O) groups is 2. The first kappa shape index (κ1) is 19.5. The van der Waals surface area contributed by atoms with Crippen LogP contribution in [0.15, 0.2) is 60.7 Å². The van der Waals surface area contributed by atoms with Crippen LogP contribution in [0.25, 0.3) is 0 Å². The van der Waals surface area contributed by atoms with Gasteiger partial charge >= 0.3 is 6.09 Å². The Kier molecular flexibility index (Phi) is 5.65. The molecule has 2 aromatic carbocycles. The number of fused-ring (bicyclic) bond motifs is 1. The highest BCUT2D eigenvalue weighted by molar-refractivity contribution is 5.92. The van der Waals surface area contributed by atoms with Crippen molar-refractivity contribution in [2.24, 2.45) is 0 Å². The van der Waals surface area contributed by atoms with E-state index in [0.29, 0.717) is 37.6 Å². The second-order valence-corrected chi connectivity index (χ2v) is 7.13. The maximum atomic E-state index is 12.5. The molecule has 1 aliphatic heterocycles. The van der Waals surface area contributed by atoms with Crippen molar-refractivity contribution in [3.63, 3.8) is 0 Å². The number of rotatable bonds is 5. The first-order chi connectivity index (χ1) is 14.6. The lowest BCUT2D eigenvalue weighted by Crippen LogP contribution is -2.38. The number of hydrogen-bond acceptors (Lipinski definition) is 5. The molecular weight excluding hydrogens is 382 g/mol. The topological polar surface area (TPSA) is 102 Å². The van der Waals surface area contributed by atoms with E-state index in [-0.39, 0.29) is 18.6 Å². The van der Waals surface area contributed by atoms with E-state index >= 15 is 0 Å². The Hall–Kier alpha value is -3.81. The fourth-order valence-corrected chi connectivity index (χ4v) is 3.32.